The summed E-state index contributed by atoms with van der Waals surface area (Å²) in [4.78, 5) is 0. The van der Waals surface area contributed by atoms with Crippen molar-refractivity contribution in [2.45, 2.75) is 19.8 Å². The molecule has 2 heteroatoms. The molecule has 0 fully saturated rings. The van der Waals surface area contributed by atoms with Gasteiger partial charge in [-0.1, -0.05) is 13.3 Å². The van der Waals surface area contributed by atoms with Crippen LogP contribution in [0.15, 0.2) is 24.1 Å². The topological polar surface area (TPSA) is 21.3 Å². The molecule has 0 unspecified atom stereocenters. The second-order valence-electron chi connectivity index (χ2n) is 2.41. The second kappa shape index (κ2) is 4.83. The van der Waals surface area contributed by atoms with Crippen molar-refractivity contribution in [2.75, 3.05) is 6.54 Å². The highest BCUT2D eigenvalue weighted by molar-refractivity contribution is 5.18. The number of rotatable bonds is 4. The van der Waals surface area contributed by atoms with Gasteiger partial charge in [0.2, 0.25) is 6.61 Å². The highest BCUT2D eigenvalue weighted by Crippen LogP contribution is 2.03. The Morgan fingerprint density at radius 2 is 2.55 bits per heavy atom. The van der Waals surface area contributed by atoms with E-state index in [2.05, 4.69) is 18.8 Å². The predicted molar refractivity (Wildman–Crippen MR) is 44.5 cm³/mol. The van der Waals surface area contributed by atoms with Crippen LogP contribution in [-0.4, -0.2) is 6.54 Å². The van der Waals surface area contributed by atoms with Gasteiger partial charge in [-0.15, -0.1) is 0 Å². The third-order valence-electron chi connectivity index (χ3n) is 1.42. The Morgan fingerprint density at radius 1 is 1.64 bits per heavy atom. The maximum Gasteiger partial charge on any atom is 0.246 e. The van der Waals surface area contributed by atoms with Crippen molar-refractivity contribution >= 4 is 0 Å². The Kier molecular flexibility index (Phi) is 3.59. The number of allylic oxidation sites excluding steroid dienone is 2. The highest BCUT2D eigenvalue weighted by atomic mass is 16.5. The third kappa shape index (κ3) is 3.12. The second-order valence-corrected chi connectivity index (χ2v) is 2.41. The van der Waals surface area contributed by atoms with Crippen LogP contribution in [0, 0.1) is 6.61 Å². The number of hydrogen-bond donors (Lipinski definition) is 1. The molecule has 2 radical (unpaired) electrons. The van der Waals surface area contributed by atoms with Gasteiger partial charge in [-0.3, -0.25) is 0 Å². The average molecular weight is 151 g/mol. The first-order valence-corrected chi connectivity index (χ1v) is 3.96. The predicted octanol–water partition coefficient (Wildman–Crippen LogP) is 1.84. The first-order chi connectivity index (χ1) is 5.43. The van der Waals surface area contributed by atoms with Gasteiger partial charge in [0.25, 0.3) is 0 Å². The number of nitrogens with one attached hydrogen (secondary N) is 1. The Bertz CT molecular complexity index is 161. The zero-order valence-electron chi connectivity index (χ0n) is 6.76. The molecule has 60 valence electrons. The molecule has 2 nitrogen and oxygen atoms in total. The van der Waals surface area contributed by atoms with Crippen LogP contribution in [0.1, 0.15) is 19.8 Å². The van der Waals surface area contributed by atoms with Crippen molar-refractivity contribution in [1.29, 1.82) is 0 Å². The lowest BCUT2D eigenvalue weighted by Crippen LogP contribution is -2.16. The van der Waals surface area contributed by atoms with Crippen molar-refractivity contribution < 1.29 is 4.74 Å². The molecule has 0 saturated heterocycles. The summed E-state index contributed by atoms with van der Waals surface area (Å²) in [6.45, 7) is 5.90. The van der Waals surface area contributed by atoms with E-state index in [4.69, 9.17) is 4.74 Å². The largest absolute Gasteiger partial charge is 0.479 e. The van der Waals surface area contributed by atoms with Gasteiger partial charge in [0.15, 0.2) is 0 Å². The van der Waals surface area contributed by atoms with Crippen LogP contribution in [0.2, 0.25) is 0 Å². The minimum absolute atomic E-state index is 0.931. The monoisotopic (exact) mass is 151 g/mol. The van der Waals surface area contributed by atoms with Crippen LogP contribution in [0.25, 0.3) is 0 Å². The zero-order chi connectivity index (χ0) is 7.94. The van der Waals surface area contributed by atoms with Crippen LogP contribution >= 0.6 is 0 Å². The normalized spacial score (nSPS) is 15.5. The molecule has 1 heterocycles. The standard InChI is InChI=1S/C9H13NO/c1-2-3-6-10-9-5-4-7-11-8-9/h4-5,7,10H,2-3,6H2,1H3. The summed E-state index contributed by atoms with van der Waals surface area (Å²) >= 11 is 0. The Labute approximate surface area is 67.9 Å². The lowest BCUT2D eigenvalue weighted by Gasteiger charge is -2.09. The fourth-order valence-electron chi connectivity index (χ4n) is 0.801. The molecule has 0 bridgehead atoms. The first kappa shape index (κ1) is 8.18. The summed E-state index contributed by atoms with van der Waals surface area (Å²) in [5.41, 5.74) is 0.931. The molecule has 0 aromatic carbocycles. The quantitative estimate of drug-likeness (QED) is 0.619. The van der Waals surface area contributed by atoms with E-state index in [1.54, 1.807) is 6.26 Å². The molecule has 0 atom stereocenters. The molecule has 1 aliphatic heterocycles. The van der Waals surface area contributed by atoms with E-state index < -0.39 is 0 Å². The molecule has 1 aliphatic rings. The fraction of sp³-hybridized carbons (Fsp3) is 0.444. The maximum atomic E-state index is 4.85. The van der Waals surface area contributed by atoms with Gasteiger partial charge < -0.3 is 10.1 Å². The lowest BCUT2D eigenvalue weighted by atomic mass is 10.3. The minimum atomic E-state index is 0.931. The van der Waals surface area contributed by atoms with Gasteiger partial charge in [-0.05, 0) is 18.6 Å². The molecule has 0 saturated carbocycles. The van der Waals surface area contributed by atoms with Crippen molar-refractivity contribution in [3.8, 4) is 0 Å². The number of hydrogen-bond acceptors (Lipinski definition) is 2. The number of ether oxygens (including phenoxy) is 1. The minimum Gasteiger partial charge on any atom is -0.479 e. The molecule has 0 amide bonds. The van der Waals surface area contributed by atoms with E-state index in [0.717, 1.165) is 12.2 Å². The summed E-state index contributed by atoms with van der Waals surface area (Å²) in [5.74, 6) is 0. The smallest absolute Gasteiger partial charge is 0.246 e. The molecule has 0 aromatic heterocycles. The number of unbranched alkanes of at least 4 members (excludes halogenated alkanes) is 1. The SMILES string of the molecule is CCCCNC1=CC=CO[C]1. The molecular weight excluding hydrogens is 138 g/mol. The summed E-state index contributed by atoms with van der Waals surface area (Å²) in [5, 5.41) is 3.20. The molecule has 1 rings (SSSR count). The van der Waals surface area contributed by atoms with Crippen LogP contribution < -0.4 is 5.32 Å². The molecular formula is C9H13NO. The molecule has 11 heavy (non-hydrogen) atoms. The van der Waals surface area contributed by atoms with Gasteiger partial charge in [0, 0.05) is 6.54 Å². The molecule has 0 spiro atoms. The van der Waals surface area contributed by atoms with E-state index in [0.29, 0.717) is 0 Å². The van der Waals surface area contributed by atoms with Gasteiger partial charge in [0.05, 0.1) is 12.0 Å². The summed E-state index contributed by atoms with van der Waals surface area (Å²) < 4.78 is 4.85. The van der Waals surface area contributed by atoms with E-state index in [9.17, 15) is 0 Å². The van der Waals surface area contributed by atoms with Crippen molar-refractivity contribution in [1.82, 2.24) is 5.32 Å². The van der Waals surface area contributed by atoms with E-state index in [1.165, 1.54) is 12.8 Å². The van der Waals surface area contributed by atoms with Crippen molar-refractivity contribution in [3.05, 3.63) is 30.7 Å². The van der Waals surface area contributed by atoms with Gasteiger partial charge in [-0.2, -0.15) is 0 Å². The Morgan fingerprint density at radius 3 is 3.18 bits per heavy atom. The van der Waals surface area contributed by atoms with Crippen LogP contribution in [0.3, 0.4) is 0 Å². The fourth-order valence-corrected chi connectivity index (χ4v) is 0.801. The molecule has 1 N–H and O–H groups in total. The average Bonchev–Trinajstić information content (AvgIpc) is 2.07. The molecule has 0 aliphatic carbocycles. The van der Waals surface area contributed by atoms with Crippen molar-refractivity contribution in [3.63, 3.8) is 0 Å². The first-order valence-electron chi connectivity index (χ1n) is 3.96. The van der Waals surface area contributed by atoms with E-state index in [-0.39, 0.29) is 0 Å². The van der Waals surface area contributed by atoms with Gasteiger partial charge in [0.1, 0.15) is 0 Å². The Balaban J connectivity index is 2.15. The lowest BCUT2D eigenvalue weighted by molar-refractivity contribution is 0.338. The Hall–Kier alpha value is -0.920. The van der Waals surface area contributed by atoms with Crippen molar-refractivity contribution in [2.24, 2.45) is 0 Å². The van der Waals surface area contributed by atoms with E-state index >= 15 is 0 Å². The van der Waals surface area contributed by atoms with Gasteiger partial charge >= 0.3 is 0 Å². The van der Waals surface area contributed by atoms with Crippen LogP contribution in [-0.2, 0) is 4.74 Å². The zero-order valence-corrected chi connectivity index (χ0v) is 6.76. The van der Waals surface area contributed by atoms with Crippen LogP contribution in [0.5, 0.6) is 0 Å². The summed E-state index contributed by atoms with van der Waals surface area (Å²) in [6, 6.07) is 0. The summed E-state index contributed by atoms with van der Waals surface area (Å²) in [7, 11) is 0. The highest BCUT2D eigenvalue weighted by Gasteiger charge is 1.99. The summed E-state index contributed by atoms with van der Waals surface area (Å²) in [6.07, 6.45) is 7.79. The maximum absolute atomic E-state index is 4.85. The third-order valence-corrected chi connectivity index (χ3v) is 1.42. The van der Waals surface area contributed by atoms with E-state index in [1.807, 2.05) is 12.2 Å². The molecule has 0 aromatic rings. The van der Waals surface area contributed by atoms with Gasteiger partial charge in [-0.25, -0.2) is 0 Å². The van der Waals surface area contributed by atoms with Crippen LogP contribution in [0.4, 0.5) is 0 Å².